The molecule has 0 aliphatic carbocycles. The number of aliphatic imine (C=N–C) groups is 1. The molecule has 1 aliphatic rings. The molecule has 0 saturated carbocycles. The topological polar surface area (TPSA) is 68.8 Å². The minimum Gasteiger partial charge on any atom is -0.357 e. The molecule has 0 aromatic heterocycles. The SMILES string of the molecule is CCNC(=NCC(=O)NCCc1ccccc1)NC1CCN(Cc2ccccc2)C(C)C1.I. The van der Waals surface area contributed by atoms with E-state index in [0.717, 1.165) is 44.9 Å². The maximum atomic E-state index is 12.2. The van der Waals surface area contributed by atoms with Crippen molar-refractivity contribution in [1.82, 2.24) is 20.9 Å². The molecule has 6 nitrogen and oxygen atoms in total. The summed E-state index contributed by atoms with van der Waals surface area (Å²) in [5, 5.41) is 9.78. The van der Waals surface area contributed by atoms with Gasteiger partial charge in [0.1, 0.15) is 6.54 Å². The minimum absolute atomic E-state index is 0. The van der Waals surface area contributed by atoms with Crippen LogP contribution < -0.4 is 16.0 Å². The molecule has 0 radical (unpaired) electrons. The summed E-state index contributed by atoms with van der Waals surface area (Å²) in [5.41, 5.74) is 2.58. The molecule has 7 heteroatoms. The number of guanidine groups is 1. The Morgan fingerprint density at radius 1 is 1.03 bits per heavy atom. The molecule has 1 aliphatic heterocycles. The van der Waals surface area contributed by atoms with E-state index in [0.29, 0.717) is 18.6 Å². The Hall–Kier alpha value is -2.13. The largest absolute Gasteiger partial charge is 0.357 e. The van der Waals surface area contributed by atoms with Crippen LogP contribution in [0.5, 0.6) is 0 Å². The van der Waals surface area contributed by atoms with E-state index < -0.39 is 0 Å². The zero-order chi connectivity index (χ0) is 22.6. The van der Waals surface area contributed by atoms with Crippen LogP contribution in [0.1, 0.15) is 37.8 Å². The Morgan fingerprint density at radius 3 is 2.33 bits per heavy atom. The number of carbonyl (C=O) groups excluding carboxylic acids is 1. The van der Waals surface area contributed by atoms with Gasteiger partial charge in [-0.3, -0.25) is 9.69 Å². The molecule has 3 N–H and O–H groups in total. The van der Waals surface area contributed by atoms with E-state index in [4.69, 9.17) is 0 Å². The van der Waals surface area contributed by atoms with Crippen LogP contribution in [0.3, 0.4) is 0 Å². The van der Waals surface area contributed by atoms with E-state index in [1.54, 1.807) is 0 Å². The normalized spacial score (nSPS) is 18.8. The highest BCUT2D eigenvalue weighted by Crippen LogP contribution is 2.19. The van der Waals surface area contributed by atoms with Gasteiger partial charge in [0.15, 0.2) is 5.96 Å². The maximum absolute atomic E-state index is 12.2. The summed E-state index contributed by atoms with van der Waals surface area (Å²) < 4.78 is 0. The Morgan fingerprint density at radius 2 is 1.70 bits per heavy atom. The number of nitrogens with one attached hydrogen (secondary N) is 3. The zero-order valence-corrected chi connectivity index (χ0v) is 22.1. The lowest BCUT2D eigenvalue weighted by atomic mass is 9.97. The molecule has 1 fully saturated rings. The Bertz CT molecular complexity index is 846. The van der Waals surface area contributed by atoms with Crippen molar-refractivity contribution in [2.45, 2.75) is 51.7 Å². The van der Waals surface area contributed by atoms with E-state index in [-0.39, 0.29) is 36.4 Å². The van der Waals surface area contributed by atoms with Crippen molar-refractivity contribution in [1.29, 1.82) is 0 Å². The highest BCUT2D eigenvalue weighted by molar-refractivity contribution is 14.0. The number of halogens is 1. The monoisotopic (exact) mass is 563 g/mol. The summed E-state index contributed by atoms with van der Waals surface area (Å²) in [6, 6.07) is 21.7. The van der Waals surface area contributed by atoms with Crippen LogP contribution in [-0.2, 0) is 17.8 Å². The smallest absolute Gasteiger partial charge is 0.241 e. The number of piperidine rings is 1. The molecule has 2 atom stereocenters. The molecular formula is C26H38IN5O. The predicted molar refractivity (Wildman–Crippen MR) is 147 cm³/mol. The fourth-order valence-corrected chi connectivity index (χ4v) is 4.12. The Labute approximate surface area is 215 Å². The number of benzene rings is 2. The summed E-state index contributed by atoms with van der Waals surface area (Å²) in [6.07, 6.45) is 2.94. The van der Waals surface area contributed by atoms with Gasteiger partial charge in [0.2, 0.25) is 5.91 Å². The number of hydrogen-bond donors (Lipinski definition) is 3. The Balaban J connectivity index is 0.00000385. The van der Waals surface area contributed by atoms with E-state index >= 15 is 0 Å². The second-order valence-electron chi connectivity index (χ2n) is 8.45. The summed E-state index contributed by atoms with van der Waals surface area (Å²) in [4.78, 5) is 19.3. The highest BCUT2D eigenvalue weighted by Gasteiger charge is 2.26. The van der Waals surface area contributed by atoms with Crippen molar-refractivity contribution >= 4 is 35.8 Å². The standard InChI is InChI=1S/C26H37N5O.HI/c1-3-27-26(29-19-25(32)28-16-14-22-10-6-4-7-11-22)30-24-15-17-31(21(2)18-24)20-23-12-8-5-9-13-23;/h4-13,21,24H,3,14-20H2,1-2H3,(H,28,32)(H2,27,29,30);1H. The highest BCUT2D eigenvalue weighted by atomic mass is 127. The van der Waals surface area contributed by atoms with E-state index in [2.05, 4.69) is 75.2 Å². The number of carbonyl (C=O) groups is 1. The second-order valence-corrected chi connectivity index (χ2v) is 8.45. The van der Waals surface area contributed by atoms with Gasteiger partial charge in [-0.25, -0.2) is 4.99 Å². The van der Waals surface area contributed by atoms with Crippen LogP contribution >= 0.6 is 24.0 Å². The van der Waals surface area contributed by atoms with Gasteiger partial charge >= 0.3 is 0 Å². The molecule has 2 aromatic carbocycles. The molecule has 0 spiro atoms. The van der Waals surface area contributed by atoms with Crippen molar-refractivity contribution in [2.24, 2.45) is 4.99 Å². The number of nitrogens with zero attached hydrogens (tertiary/aromatic N) is 2. The first-order chi connectivity index (χ1) is 15.6. The molecule has 2 unspecified atom stereocenters. The second kappa shape index (κ2) is 14.9. The third kappa shape index (κ3) is 9.71. The summed E-state index contributed by atoms with van der Waals surface area (Å²) in [7, 11) is 0. The van der Waals surface area contributed by atoms with Crippen molar-refractivity contribution < 1.29 is 4.79 Å². The van der Waals surface area contributed by atoms with Crippen molar-refractivity contribution in [3.05, 3.63) is 71.8 Å². The van der Waals surface area contributed by atoms with Gasteiger partial charge in [0.25, 0.3) is 0 Å². The number of likely N-dealkylation sites (tertiary alicyclic amines) is 1. The lowest BCUT2D eigenvalue weighted by Gasteiger charge is -2.38. The van der Waals surface area contributed by atoms with E-state index in [9.17, 15) is 4.79 Å². The first kappa shape index (κ1) is 27.1. The average Bonchev–Trinajstić information content (AvgIpc) is 2.81. The molecular weight excluding hydrogens is 525 g/mol. The fraction of sp³-hybridized carbons (Fsp3) is 0.462. The number of rotatable bonds is 9. The molecule has 1 heterocycles. The predicted octanol–water partition coefficient (Wildman–Crippen LogP) is 3.57. The number of amides is 1. The fourth-order valence-electron chi connectivity index (χ4n) is 4.12. The van der Waals surface area contributed by atoms with Gasteiger partial charge < -0.3 is 16.0 Å². The van der Waals surface area contributed by atoms with Gasteiger partial charge in [-0.15, -0.1) is 24.0 Å². The van der Waals surface area contributed by atoms with Crippen LogP contribution in [0.2, 0.25) is 0 Å². The van der Waals surface area contributed by atoms with Crippen LogP contribution in [0, 0.1) is 0 Å². The lowest BCUT2D eigenvalue weighted by molar-refractivity contribution is -0.119. The average molecular weight is 564 g/mol. The Kier molecular flexibility index (Phi) is 12.2. The van der Waals surface area contributed by atoms with Gasteiger partial charge in [-0.05, 0) is 44.2 Å². The molecule has 3 rings (SSSR count). The molecule has 0 bridgehead atoms. The van der Waals surface area contributed by atoms with Crippen LogP contribution in [0.4, 0.5) is 0 Å². The third-order valence-electron chi connectivity index (χ3n) is 5.89. The molecule has 180 valence electrons. The molecule has 33 heavy (non-hydrogen) atoms. The van der Waals surface area contributed by atoms with E-state index in [1.807, 2.05) is 25.1 Å². The van der Waals surface area contributed by atoms with Crippen LogP contribution in [-0.4, -0.2) is 55.0 Å². The van der Waals surface area contributed by atoms with E-state index in [1.165, 1.54) is 11.1 Å². The first-order valence-electron chi connectivity index (χ1n) is 11.8. The van der Waals surface area contributed by atoms with Gasteiger partial charge in [-0.2, -0.15) is 0 Å². The summed E-state index contributed by atoms with van der Waals surface area (Å²) >= 11 is 0. The summed E-state index contributed by atoms with van der Waals surface area (Å²) in [6.45, 7) is 7.90. The van der Waals surface area contributed by atoms with Crippen molar-refractivity contribution in [3.63, 3.8) is 0 Å². The van der Waals surface area contributed by atoms with Gasteiger partial charge in [0, 0.05) is 38.3 Å². The molecule has 1 saturated heterocycles. The summed E-state index contributed by atoms with van der Waals surface area (Å²) in [5.74, 6) is 0.670. The first-order valence-corrected chi connectivity index (χ1v) is 11.8. The van der Waals surface area contributed by atoms with Gasteiger partial charge in [0.05, 0.1) is 0 Å². The van der Waals surface area contributed by atoms with Crippen molar-refractivity contribution in [2.75, 3.05) is 26.2 Å². The van der Waals surface area contributed by atoms with Crippen LogP contribution in [0.25, 0.3) is 0 Å². The van der Waals surface area contributed by atoms with Crippen molar-refractivity contribution in [3.8, 4) is 0 Å². The van der Waals surface area contributed by atoms with Crippen LogP contribution in [0.15, 0.2) is 65.7 Å². The molecule has 1 amide bonds. The maximum Gasteiger partial charge on any atom is 0.241 e. The third-order valence-corrected chi connectivity index (χ3v) is 5.89. The zero-order valence-electron chi connectivity index (χ0n) is 19.8. The molecule has 2 aromatic rings. The lowest BCUT2D eigenvalue weighted by Crippen LogP contribution is -2.51. The number of hydrogen-bond acceptors (Lipinski definition) is 3. The minimum atomic E-state index is -0.0517. The quantitative estimate of drug-likeness (QED) is 0.248. The van der Waals surface area contributed by atoms with Gasteiger partial charge in [-0.1, -0.05) is 60.7 Å².